The molecule has 0 radical (unpaired) electrons. The quantitative estimate of drug-likeness (QED) is 0.906. The minimum absolute atomic E-state index is 0.0106. The summed E-state index contributed by atoms with van der Waals surface area (Å²) in [5.41, 5.74) is 0.606. The molecule has 0 unspecified atom stereocenters. The first-order chi connectivity index (χ1) is 8.96. The Morgan fingerprint density at radius 1 is 1.32 bits per heavy atom. The first-order valence-electron chi connectivity index (χ1n) is 5.99. The van der Waals surface area contributed by atoms with E-state index in [9.17, 15) is 8.42 Å². The summed E-state index contributed by atoms with van der Waals surface area (Å²) in [7, 11) is -3.38. The van der Waals surface area contributed by atoms with Crippen LogP contribution in [0.15, 0.2) is 18.2 Å². The van der Waals surface area contributed by atoms with Crippen molar-refractivity contribution in [1.82, 2.24) is 4.72 Å². The lowest BCUT2D eigenvalue weighted by molar-refractivity contribution is 0.114. The van der Waals surface area contributed by atoms with Crippen LogP contribution < -0.4 is 4.72 Å². The number of halogens is 2. The Hall–Kier alpha value is -0.330. The van der Waals surface area contributed by atoms with Crippen LogP contribution in [0.1, 0.15) is 18.4 Å². The van der Waals surface area contributed by atoms with E-state index in [0.717, 1.165) is 12.8 Å². The summed E-state index contributed by atoms with van der Waals surface area (Å²) in [6, 6.07) is 4.81. The van der Waals surface area contributed by atoms with Gasteiger partial charge in [-0.15, -0.1) is 0 Å². The molecule has 1 aliphatic heterocycles. The zero-order chi connectivity index (χ0) is 13.9. The van der Waals surface area contributed by atoms with E-state index in [2.05, 4.69) is 4.72 Å². The van der Waals surface area contributed by atoms with Crippen molar-refractivity contribution in [2.45, 2.75) is 24.7 Å². The van der Waals surface area contributed by atoms with E-state index >= 15 is 0 Å². The molecule has 106 valence electrons. The van der Waals surface area contributed by atoms with Crippen molar-refractivity contribution in [3.8, 4) is 0 Å². The van der Waals surface area contributed by atoms with Crippen LogP contribution in [0.25, 0.3) is 0 Å². The fourth-order valence-electron chi connectivity index (χ4n) is 1.93. The molecule has 4 nitrogen and oxygen atoms in total. The van der Waals surface area contributed by atoms with Crippen LogP contribution in [0.4, 0.5) is 0 Å². The highest BCUT2D eigenvalue weighted by atomic mass is 35.5. The zero-order valence-electron chi connectivity index (χ0n) is 10.2. The van der Waals surface area contributed by atoms with Crippen molar-refractivity contribution in [2.75, 3.05) is 13.2 Å². The molecule has 1 aromatic carbocycles. The van der Waals surface area contributed by atoms with E-state index in [4.69, 9.17) is 27.9 Å². The standard InChI is InChI=1S/C12H15Cl2NO3S/c13-11-4-3-9(6-12(11)14)8-19(16,17)15-7-10-2-1-5-18-10/h3-4,6,10,15H,1-2,5,7-8H2/t10-/m1/s1. The summed E-state index contributed by atoms with van der Waals surface area (Å²) in [5.74, 6) is -0.114. The van der Waals surface area contributed by atoms with E-state index in [1.54, 1.807) is 18.2 Å². The molecule has 0 amide bonds. The lowest BCUT2D eigenvalue weighted by atomic mass is 10.2. The topological polar surface area (TPSA) is 55.4 Å². The number of ether oxygens (including phenoxy) is 1. The van der Waals surface area contributed by atoms with Gasteiger partial charge in [0.05, 0.1) is 21.9 Å². The van der Waals surface area contributed by atoms with Gasteiger partial charge in [0.25, 0.3) is 0 Å². The fourth-order valence-corrected chi connectivity index (χ4v) is 3.41. The molecular weight excluding hydrogens is 309 g/mol. The highest BCUT2D eigenvalue weighted by Crippen LogP contribution is 2.23. The second-order valence-electron chi connectivity index (χ2n) is 4.49. The number of rotatable bonds is 5. The second kappa shape index (κ2) is 6.41. The summed E-state index contributed by atoms with van der Waals surface area (Å²) in [4.78, 5) is 0. The highest BCUT2D eigenvalue weighted by molar-refractivity contribution is 7.88. The molecule has 1 atom stereocenters. The maximum Gasteiger partial charge on any atom is 0.215 e. The lowest BCUT2D eigenvalue weighted by Crippen LogP contribution is -2.32. The molecule has 19 heavy (non-hydrogen) atoms. The summed E-state index contributed by atoms with van der Waals surface area (Å²) in [6.45, 7) is 1.03. The van der Waals surface area contributed by atoms with Crippen LogP contribution in [0, 0.1) is 0 Å². The highest BCUT2D eigenvalue weighted by Gasteiger charge is 2.19. The number of sulfonamides is 1. The van der Waals surface area contributed by atoms with Gasteiger partial charge in [-0.2, -0.15) is 0 Å². The third kappa shape index (κ3) is 4.61. The third-order valence-corrected chi connectivity index (χ3v) is 4.95. The molecule has 0 aliphatic carbocycles. The third-order valence-electron chi connectivity index (χ3n) is 2.90. The largest absolute Gasteiger partial charge is 0.377 e. The Morgan fingerprint density at radius 3 is 2.74 bits per heavy atom. The van der Waals surface area contributed by atoms with Crippen molar-refractivity contribution in [3.05, 3.63) is 33.8 Å². The first-order valence-corrected chi connectivity index (χ1v) is 8.40. The molecule has 0 aromatic heterocycles. The van der Waals surface area contributed by atoms with Crippen LogP contribution in [0.2, 0.25) is 10.0 Å². The van der Waals surface area contributed by atoms with Gasteiger partial charge in [0.1, 0.15) is 0 Å². The summed E-state index contributed by atoms with van der Waals surface area (Å²) < 4.78 is 31.7. The number of nitrogens with one attached hydrogen (secondary N) is 1. The minimum atomic E-state index is -3.38. The number of benzene rings is 1. The monoisotopic (exact) mass is 323 g/mol. The molecule has 1 heterocycles. The molecule has 1 aliphatic rings. The van der Waals surface area contributed by atoms with E-state index < -0.39 is 10.0 Å². The van der Waals surface area contributed by atoms with Gasteiger partial charge in [-0.1, -0.05) is 29.3 Å². The molecular formula is C12H15Cl2NO3S. The average molecular weight is 324 g/mol. The molecule has 1 saturated heterocycles. The predicted molar refractivity (Wildman–Crippen MR) is 76.1 cm³/mol. The van der Waals surface area contributed by atoms with Crippen molar-refractivity contribution in [3.63, 3.8) is 0 Å². The van der Waals surface area contributed by atoms with Crippen molar-refractivity contribution < 1.29 is 13.2 Å². The van der Waals surface area contributed by atoms with E-state index in [0.29, 0.717) is 28.8 Å². The summed E-state index contributed by atoms with van der Waals surface area (Å²) in [6.07, 6.45) is 1.87. The SMILES string of the molecule is O=S(=O)(Cc1ccc(Cl)c(Cl)c1)NC[C@H]1CCCO1. The van der Waals surface area contributed by atoms with Gasteiger partial charge in [0.15, 0.2) is 0 Å². The Morgan fingerprint density at radius 2 is 2.11 bits per heavy atom. The average Bonchev–Trinajstić information content (AvgIpc) is 2.84. The zero-order valence-corrected chi connectivity index (χ0v) is 12.6. The van der Waals surface area contributed by atoms with Gasteiger partial charge in [-0.25, -0.2) is 13.1 Å². The Labute approximate surface area is 123 Å². The van der Waals surface area contributed by atoms with Gasteiger partial charge in [-0.3, -0.25) is 0 Å². The summed E-state index contributed by atoms with van der Waals surface area (Å²) in [5, 5.41) is 0.767. The van der Waals surface area contributed by atoms with E-state index in [-0.39, 0.29) is 11.9 Å². The van der Waals surface area contributed by atoms with Gasteiger partial charge >= 0.3 is 0 Å². The summed E-state index contributed by atoms with van der Waals surface area (Å²) >= 11 is 11.6. The molecule has 0 saturated carbocycles. The molecule has 1 fully saturated rings. The molecule has 0 bridgehead atoms. The van der Waals surface area contributed by atoms with Crippen molar-refractivity contribution in [1.29, 1.82) is 0 Å². The predicted octanol–water partition coefficient (Wildman–Crippen LogP) is 2.59. The van der Waals surface area contributed by atoms with E-state index in [1.807, 2.05) is 0 Å². The number of hydrogen-bond donors (Lipinski definition) is 1. The molecule has 0 spiro atoms. The second-order valence-corrected chi connectivity index (χ2v) is 7.11. The van der Waals surface area contributed by atoms with Crippen LogP contribution in [-0.2, 0) is 20.5 Å². The minimum Gasteiger partial charge on any atom is -0.377 e. The smallest absolute Gasteiger partial charge is 0.215 e. The Balaban J connectivity index is 1.93. The van der Waals surface area contributed by atoms with Crippen molar-refractivity contribution in [2.24, 2.45) is 0 Å². The molecule has 1 aromatic rings. The fraction of sp³-hybridized carbons (Fsp3) is 0.500. The van der Waals surface area contributed by atoms with Crippen LogP contribution in [0.5, 0.6) is 0 Å². The molecule has 7 heteroatoms. The lowest BCUT2D eigenvalue weighted by Gasteiger charge is -2.11. The number of hydrogen-bond acceptors (Lipinski definition) is 3. The molecule has 1 N–H and O–H groups in total. The van der Waals surface area contributed by atoms with E-state index in [1.165, 1.54) is 0 Å². The van der Waals surface area contributed by atoms with Crippen molar-refractivity contribution >= 4 is 33.2 Å². The first kappa shape index (κ1) is 15.1. The van der Waals surface area contributed by atoms with Gasteiger partial charge in [0, 0.05) is 13.2 Å². The van der Waals surface area contributed by atoms with Gasteiger partial charge in [-0.05, 0) is 30.5 Å². The Kier molecular flexibility index (Phi) is 5.09. The van der Waals surface area contributed by atoms with Gasteiger partial charge in [0.2, 0.25) is 10.0 Å². The Bertz CT molecular complexity index is 542. The van der Waals surface area contributed by atoms with Crippen LogP contribution in [-0.4, -0.2) is 27.7 Å². The van der Waals surface area contributed by atoms with Crippen LogP contribution >= 0.6 is 23.2 Å². The van der Waals surface area contributed by atoms with Gasteiger partial charge < -0.3 is 4.74 Å². The molecule has 2 rings (SSSR count). The normalized spacial score (nSPS) is 19.8. The van der Waals surface area contributed by atoms with Crippen LogP contribution in [0.3, 0.4) is 0 Å². The maximum atomic E-state index is 11.9. The maximum absolute atomic E-state index is 11.9.